The van der Waals surface area contributed by atoms with E-state index in [1.807, 2.05) is 0 Å². The molecular weight excluding hydrogens is 263 g/mol. The molecule has 1 aromatic rings. The van der Waals surface area contributed by atoms with Crippen LogP contribution in [0.4, 0.5) is 0 Å². The summed E-state index contributed by atoms with van der Waals surface area (Å²) in [6, 6.07) is 5.05. The first-order valence-electron chi connectivity index (χ1n) is 5.29. The van der Waals surface area contributed by atoms with Crippen LogP contribution in [0.3, 0.4) is 0 Å². The Hall–Kier alpha value is -0.180. The Morgan fingerprint density at radius 3 is 2.44 bits per heavy atom. The van der Waals surface area contributed by atoms with E-state index in [1.54, 1.807) is 30.0 Å². The number of hydrogen-bond acceptors (Lipinski definition) is 2. The number of Topliss-reactive ketones (excluding diaryl/α,β-unsaturated/α-hetero) is 1. The Kier molecular flexibility index (Phi) is 4.17. The molecule has 1 aliphatic rings. The number of carbonyl (C=O) groups is 1. The van der Waals surface area contributed by atoms with Gasteiger partial charge in [-0.15, -0.1) is 0 Å². The third-order valence-electron chi connectivity index (χ3n) is 2.62. The molecule has 1 nitrogen and oxygen atoms in total. The Balaban J connectivity index is 2.19. The maximum absolute atomic E-state index is 12.2. The van der Waals surface area contributed by atoms with E-state index in [-0.39, 0.29) is 11.0 Å². The van der Waals surface area contributed by atoms with Crippen molar-refractivity contribution in [3.05, 3.63) is 33.8 Å². The van der Waals surface area contributed by atoms with Crippen LogP contribution in [0, 0.1) is 0 Å². The van der Waals surface area contributed by atoms with Gasteiger partial charge in [-0.2, -0.15) is 11.8 Å². The second-order valence-corrected chi connectivity index (χ2v) is 6.06. The number of benzene rings is 1. The van der Waals surface area contributed by atoms with E-state index in [4.69, 9.17) is 23.2 Å². The SMILES string of the molecule is O=C(c1cc(Cl)cc(Cl)c1)C1CCCCS1. The van der Waals surface area contributed by atoms with Crippen molar-refractivity contribution in [3.8, 4) is 0 Å². The van der Waals surface area contributed by atoms with Crippen LogP contribution in [0.1, 0.15) is 29.6 Å². The van der Waals surface area contributed by atoms with Crippen molar-refractivity contribution < 1.29 is 4.79 Å². The fraction of sp³-hybridized carbons (Fsp3) is 0.417. The van der Waals surface area contributed by atoms with Crippen molar-refractivity contribution in [2.45, 2.75) is 24.5 Å². The lowest BCUT2D eigenvalue weighted by Gasteiger charge is -2.20. The first-order chi connectivity index (χ1) is 7.66. The van der Waals surface area contributed by atoms with Crippen molar-refractivity contribution in [1.29, 1.82) is 0 Å². The highest BCUT2D eigenvalue weighted by atomic mass is 35.5. The van der Waals surface area contributed by atoms with Gasteiger partial charge in [-0.25, -0.2) is 0 Å². The summed E-state index contributed by atoms with van der Waals surface area (Å²) in [6.45, 7) is 0. The van der Waals surface area contributed by atoms with Crippen LogP contribution in [0.5, 0.6) is 0 Å². The fourth-order valence-electron chi connectivity index (χ4n) is 1.83. The third kappa shape index (κ3) is 2.93. The molecule has 0 saturated carbocycles. The third-order valence-corrected chi connectivity index (χ3v) is 4.43. The van der Waals surface area contributed by atoms with Crippen LogP contribution in [0.25, 0.3) is 0 Å². The quantitative estimate of drug-likeness (QED) is 0.741. The van der Waals surface area contributed by atoms with Crippen molar-refractivity contribution in [3.63, 3.8) is 0 Å². The van der Waals surface area contributed by atoms with Gasteiger partial charge < -0.3 is 0 Å². The number of thioether (sulfide) groups is 1. The van der Waals surface area contributed by atoms with Crippen molar-refractivity contribution in [1.82, 2.24) is 0 Å². The van der Waals surface area contributed by atoms with E-state index in [9.17, 15) is 4.79 Å². The van der Waals surface area contributed by atoms with Crippen molar-refractivity contribution in [2.24, 2.45) is 0 Å². The lowest BCUT2D eigenvalue weighted by molar-refractivity contribution is 0.0985. The largest absolute Gasteiger partial charge is 0.293 e. The van der Waals surface area contributed by atoms with E-state index in [2.05, 4.69) is 0 Å². The summed E-state index contributed by atoms with van der Waals surface area (Å²) in [5, 5.41) is 1.14. The van der Waals surface area contributed by atoms with Crippen LogP contribution in [-0.4, -0.2) is 16.8 Å². The number of hydrogen-bond donors (Lipinski definition) is 0. The average Bonchev–Trinajstić information content (AvgIpc) is 2.28. The normalized spacial score (nSPS) is 20.8. The zero-order chi connectivity index (χ0) is 11.5. The molecule has 0 bridgehead atoms. The van der Waals surface area contributed by atoms with Crippen molar-refractivity contribution in [2.75, 3.05) is 5.75 Å². The Morgan fingerprint density at radius 1 is 1.19 bits per heavy atom. The summed E-state index contributed by atoms with van der Waals surface area (Å²) in [5.74, 6) is 1.24. The molecule has 0 aromatic heterocycles. The average molecular weight is 275 g/mol. The predicted molar refractivity (Wildman–Crippen MR) is 70.9 cm³/mol. The molecule has 0 spiro atoms. The number of rotatable bonds is 2. The Bertz CT molecular complexity index is 380. The molecule has 1 aromatic carbocycles. The van der Waals surface area contributed by atoms with Gasteiger partial charge in [0.05, 0.1) is 5.25 Å². The van der Waals surface area contributed by atoms with Gasteiger partial charge in [-0.05, 0) is 36.8 Å². The summed E-state index contributed by atoms with van der Waals surface area (Å²) < 4.78 is 0. The van der Waals surface area contributed by atoms with Crippen LogP contribution in [0.2, 0.25) is 10.0 Å². The molecule has 0 amide bonds. The summed E-state index contributed by atoms with van der Waals surface area (Å²) in [6.07, 6.45) is 3.32. The van der Waals surface area contributed by atoms with Crippen LogP contribution in [-0.2, 0) is 0 Å². The molecule has 1 heterocycles. The minimum Gasteiger partial charge on any atom is -0.293 e. The number of halogens is 2. The minimum absolute atomic E-state index is 0.0864. The molecule has 0 N–H and O–H groups in total. The molecule has 86 valence electrons. The number of ketones is 1. The maximum atomic E-state index is 12.2. The van der Waals surface area contributed by atoms with Crippen molar-refractivity contribution >= 4 is 40.7 Å². The molecule has 16 heavy (non-hydrogen) atoms. The van der Waals surface area contributed by atoms with E-state index < -0.39 is 0 Å². The molecule has 2 rings (SSSR count). The van der Waals surface area contributed by atoms with Gasteiger partial charge in [0.1, 0.15) is 0 Å². The summed E-state index contributed by atoms with van der Waals surface area (Å²) in [7, 11) is 0. The highest BCUT2D eigenvalue weighted by Gasteiger charge is 2.23. The summed E-state index contributed by atoms with van der Waals surface area (Å²) in [4.78, 5) is 12.2. The van der Waals surface area contributed by atoms with Gasteiger partial charge in [0, 0.05) is 15.6 Å². The number of carbonyl (C=O) groups excluding carboxylic acids is 1. The summed E-state index contributed by atoms with van der Waals surface area (Å²) >= 11 is 13.5. The first kappa shape index (κ1) is 12.3. The second kappa shape index (κ2) is 5.44. The fourth-order valence-corrected chi connectivity index (χ4v) is 3.63. The Labute approximate surface area is 110 Å². The monoisotopic (exact) mass is 274 g/mol. The molecule has 1 aliphatic heterocycles. The molecule has 0 radical (unpaired) electrons. The van der Waals surface area contributed by atoms with Crippen LogP contribution < -0.4 is 0 Å². The topological polar surface area (TPSA) is 17.1 Å². The first-order valence-corrected chi connectivity index (χ1v) is 7.09. The van der Waals surface area contributed by atoms with Gasteiger partial charge in [-0.1, -0.05) is 29.6 Å². The predicted octanol–water partition coefficient (Wildman–Crippen LogP) is 4.46. The second-order valence-electron chi connectivity index (χ2n) is 3.88. The Morgan fingerprint density at radius 2 is 1.88 bits per heavy atom. The van der Waals surface area contributed by atoms with E-state index >= 15 is 0 Å². The van der Waals surface area contributed by atoms with Gasteiger partial charge in [0.15, 0.2) is 5.78 Å². The zero-order valence-electron chi connectivity index (χ0n) is 8.71. The van der Waals surface area contributed by atoms with E-state index in [0.29, 0.717) is 15.6 Å². The molecule has 1 unspecified atom stereocenters. The molecular formula is C12H12Cl2OS. The highest BCUT2D eigenvalue weighted by Crippen LogP contribution is 2.29. The molecule has 1 saturated heterocycles. The molecule has 4 heteroatoms. The van der Waals surface area contributed by atoms with Gasteiger partial charge in [-0.3, -0.25) is 4.79 Å². The van der Waals surface area contributed by atoms with E-state index in [0.717, 1.165) is 18.6 Å². The minimum atomic E-state index is 0.0864. The maximum Gasteiger partial charge on any atom is 0.175 e. The molecule has 1 atom stereocenters. The highest BCUT2D eigenvalue weighted by molar-refractivity contribution is 8.00. The van der Waals surface area contributed by atoms with Crippen LogP contribution in [0.15, 0.2) is 18.2 Å². The molecule has 0 aliphatic carbocycles. The standard InChI is InChI=1S/C12H12Cl2OS/c13-9-5-8(6-10(14)7-9)12(15)11-3-1-2-4-16-11/h5-7,11H,1-4H2. The smallest absolute Gasteiger partial charge is 0.175 e. The molecule has 1 fully saturated rings. The lowest BCUT2D eigenvalue weighted by Crippen LogP contribution is -2.20. The van der Waals surface area contributed by atoms with Gasteiger partial charge in [0.25, 0.3) is 0 Å². The van der Waals surface area contributed by atoms with E-state index in [1.165, 1.54) is 6.42 Å². The lowest BCUT2D eigenvalue weighted by atomic mass is 10.0. The zero-order valence-corrected chi connectivity index (χ0v) is 11.0. The van der Waals surface area contributed by atoms with Gasteiger partial charge >= 0.3 is 0 Å². The summed E-state index contributed by atoms with van der Waals surface area (Å²) in [5.41, 5.74) is 0.636. The van der Waals surface area contributed by atoms with Gasteiger partial charge in [0.2, 0.25) is 0 Å². The van der Waals surface area contributed by atoms with Crippen LogP contribution >= 0.6 is 35.0 Å².